The molecule has 0 unspecified atom stereocenters. The van der Waals surface area contributed by atoms with E-state index in [0.717, 1.165) is 31.7 Å². The molecule has 0 amide bonds. The monoisotopic (exact) mass is 267 g/mol. The predicted molar refractivity (Wildman–Crippen MR) is 72.8 cm³/mol. The number of nitrogens with zero attached hydrogens (tertiary/aromatic N) is 3. The number of nitrogen functional groups attached to an aromatic ring is 1. The Morgan fingerprint density at radius 2 is 2.11 bits per heavy atom. The number of nitrogens with two attached hydrogens (primary N) is 1. The van der Waals surface area contributed by atoms with E-state index in [4.69, 9.17) is 15.3 Å². The first-order chi connectivity index (χ1) is 9.26. The summed E-state index contributed by atoms with van der Waals surface area (Å²) in [7, 11) is 3.38. The molecule has 2 heterocycles. The lowest BCUT2D eigenvalue weighted by molar-refractivity contribution is 0.0817. The molecule has 1 aromatic heterocycles. The molecule has 7 heteroatoms. The number of piperidine rings is 1. The highest BCUT2D eigenvalue weighted by atomic mass is 16.5. The van der Waals surface area contributed by atoms with Gasteiger partial charge in [0.05, 0.1) is 6.10 Å². The van der Waals surface area contributed by atoms with Crippen molar-refractivity contribution in [3.05, 3.63) is 11.9 Å². The van der Waals surface area contributed by atoms with Crippen molar-refractivity contribution in [1.29, 1.82) is 0 Å². The third kappa shape index (κ3) is 3.52. The van der Waals surface area contributed by atoms with Crippen molar-refractivity contribution in [2.75, 3.05) is 37.6 Å². The van der Waals surface area contributed by atoms with E-state index in [2.05, 4.69) is 20.3 Å². The van der Waals surface area contributed by atoms with Crippen LogP contribution in [0, 0.1) is 0 Å². The zero-order valence-electron chi connectivity index (χ0n) is 11.4. The molecule has 1 saturated heterocycles. The second kappa shape index (κ2) is 6.65. The first kappa shape index (κ1) is 14.0. The Kier molecular flexibility index (Phi) is 4.89. The Hall–Kier alpha value is -1.44. The van der Waals surface area contributed by atoms with E-state index >= 15 is 0 Å². The average molecular weight is 267 g/mol. The van der Waals surface area contributed by atoms with Crippen LogP contribution in [0.25, 0.3) is 0 Å². The van der Waals surface area contributed by atoms with Crippen LogP contribution in [0.1, 0.15) is 18.7 Å². The molecule has 3 N–H and O–H groups in total. The summed E-state index contributed by atoms with van der Waals surface area (Å²) in [6.07, 6.45) is 2.36. The van der Waals surface area contributed by atoms with Crippen LogP contribution in [0.4, 0.5) is 11.6 Å². The highest BCUT2D eigenvalue weighted by Crippen LogP contribution is 2.21. The summed E-state index contributed by atoms with van der Waals surface area (Å²) >= 11 is 0. The molecule has 0 aliphatic carbocycles. The number of hydrogen-bond acceptors (Lipinski definition) is 7. The molecular formula is C12H21N5O2. The van der Waals surface area contributed by atoms with Crippen molar-refractivity contribution < 1.29 is 9.47 Å². The molecule has 19 heavy (non-hydrogen) atoms. The number of aromatic nitrogens is 2. The average Bonchev–Trinajstić information content (AvgIpc) is 2.47. The van der Waals surface area contributed by atoms with Gasteiger partial charge in [-0.1, -0.05) is 0 Å². The number of nitrogens with one attached hydrogen (secondary N) is 1. The van der Waals surface area contributed by atoms with E-state index in [9.17, 15) is 0 Å². The molecule has 0 atom stereocenters. The topological polar surface area (TPSA) is 85.5 Å². The molecule has 1 aliphatic heterocycles. The third-order valence-electron chi connectivity index (χ3n) is 3.28. The first-order valence-electron chi connectivity index (χ1n) is 6.38. The van der Waals surface area contributed by atoms with Crippen LogP contribution in [0.5, 0.6) is 0 Å². The second-order valence-corrected chi connectivity index (χ2v) is 4.53. The van der Waals surface area contributed by atoms with Crippen molar-refractivity contribution in [1.82, 2.24) is 9.97 Å². The number of anilines is 2. The molecule has 2 rings (SSSR count). The van der Waals surface area contributed by atoms with Gasteiger partial charge in [-0.05, 0) is 12.8 Å². The number of ether oxygens (including phenoxy) is 2. The molecule has 0 aromatic carbocycles. The third-order valence-corrected chi connectivity index (χ3v) is 3.28. The minimum absolute atomic E-state index is 0.351. The van der Waals surface area contributed by atoms with E-state index in [1.807, 2.05) is 6.07 Å². The summed E-state index contributed by atoms with van der Waals surface area (Å²) in [5, 5.41) is 0. The van der Waals surface area contributed by atoms with E-state index in [1.54, 1.807) is 14.2 Å². The predicted octanol–water partition coefficient (Wildman–Crippen LogP) is 0.524. The SMILES string of the molecule is COCc1nc(NN)cc(N2CCC(OC)CC2)n1. The quantitative estimate of drug-likeness (QED) is 0.594. The molecule has 0 spiro atoms. The van der Waals surface area contributed by atoms with Gasteiger partial charge < -0.3 is 19.8 Å². The fourth-order valence-corrected chi connectivity index (χ4v) is 2.23. The molecule has 0 radical (unpaired) electrons. The maximum Gasteiger partial charge on any atom is 0.158 e. The molecule has 106 valence electrons. The molecule has 0 saturated carbocycles. The summed E-state index contributed by atoms with van der Waals surface area (Å²) in [4.78, 5) is 11.0. The van der Waals surface area contributed by atoms with Gasteiger partial charge >= 0.3 is 0 Å². The molecule has 1 fully saturated rings. The van der Waals surface area contributed by atoms with Gasteiger partial charge in [0, 0.05) is 33.4 Å². The van der Waals surface area contributed by atoms with E-state index < -0.39 is 0 Å². The Bertz CT molecular complexity index is 407. The van der Waals surface area contributed by atoms with Crippen molar-refractivity contribution >= 4 is 11.6 Å². The largest absolute Gasteiger partial charge is 0.381 e. The minimum Gasteiger partial charge on any atom is -0.381 e. The van der Waals surface area contributed by atoms with Gasteiger partial charge in [-0.15, -0.1) is 0 Å². The number of hydrazine groups is 1. The maximum absolute atomic E-state index is 5.44. The minimum atomic E-state index is 0.351. The van der Waals surface area contributed by atoms with Gasteiger partial charge in [0.1, 0.15) is 18.2 Å². The normalized spacial score (nSPS) is 16.7. The standard InChI is InChI=1S/C12H21N5O2/c1-18-8-11-14-10(16-13)7-12(15-11)17-5-3-9(19-2)4-6-17/h7,9H,3-6,8,13H2,1-2H3,(H,14,15,16). The molecular weight excluding hydrogens is 246 g/mol. The summed E-state index contributed by atoms with van der Waals surface area (Å²) in [6.45, 7) is 2.22. The van der Waals surface area contributed by atoms with Crippen LogP contribution in [0.2, 0.25) is 0 Å². The summed E-state index contributed by atoms with van der Waals surface area (Å²) in [5.74, 6) is 7.55. The number of rotatable bonds is 5. The van der Waals surface area contributed by atoms with Crippen LogP contribution in [-0.4, -0.2) is 43.4 Å². The van der Waals surface area contributed by atoms with Gasteiger partial charge in [0.15, 0.2) is 5.82 Å². The van der Waals surface area contributed by atoms with Gasteiger partial charge in [-0.2, -0.15) is 0 Å². The van der Waals surface area contributed by atoms with Gasteiger partial charge in [0.25, 0.3) is 0 Å². The lowest BCUT2D eigenvalue weighted by atomic mass is 10.1. The van der Waals surface area contributed by atoms with Crippen molar-refractivity contribution in [3.8, 4) is 0 Å². The fraction of sp³-hybridized carbons (Fsp3) is 0.667. The number of hydrogen-bond donors (Lipinski definition) is 2. The summed E-state index contributed by atoms with van der Waals surface area (Å²) in [6, 6.07) is 1.85. The Morgan fingerprint density at radius 1 is 1.37 bits per heavy atom. The molecule has 1 aromatic rings. The van der Waals surface area contributed by atoms with E-state index in [1.165, 1.54) is 0 Å². The zero-order valence-corrected chi connectivity index (χ0v) is 11.4. The smallest absolute Gasteiger partial charge is 0.158 e. The van der Waals surface area contributed by atoms with E-state index in [-0.39, 0.29) is 0 Å². The van der Waals surface area contributed by atoms with Crippen LogP contribution >= 0.6 is 0 Å². The first-order valence-corrected chi connectivity index (χ1v) is 6.38. The van der Waals surface area contributed by atoms with Crippen molar-refractivity contribution in [3.63, 3.8) is 0 Å². The lowest BCUT2D eigenvalue weighted by Gasteiger charge is -2.32. The Morgan fingerprint density at radius 3 is 2.68 bits per heavy atom. The van der Waals surface area contributed by atoms with Crippen LogP contribution < -0.4 is 16.2 Å². The highest BCUT2D eigenvalue weighted by Gasteiger charge is 2.20. The summed E-state index contributed by atoms with van der Waals surface area (Å²) < 4.78 is 10.4. The Balaban J connectivity index is 2.12. The molecule has 0 bridgehead atoms. The second-order valence-electron chi connectivity index (χ2n) is 4.53. The van der Waals surface area contributed by atoms with E-state index in [0.29, 0.717) is 24.4 Å². The highest BCUT2D eigenvalue weighted by molar-refractivity contribution is 5.49. The van der Waals surface area contributed by atoms with Crippen molar-refractivity contribution in [2.45, 2.75) is 25.6 Å². The zero-order chi connectivity index (χ0) is 13.7. The van der Waals surface area contributed by atoms with Gasteiger partial charge in [-0.25, -0.2) is 15.8 Å². The van der Waals surface area contributed by atoms with Crippen LogP contribution in [0.15, 0.2) is 6.07 Å². The maximum atomic E-state index is 5.44. The summed E-state index contributed by atoms with van der Waals surface area (Å²) in [5.41, 5.74) is 2.57. The Labute approximate surface area is 113 Å². The number of methoxy groups -OCH3 is 2. The molecule has 7 nitrogen and oxygen atoms in total. The van der Waals surface area contributed by atoms with Crippen molar-refractivity contribution in [2.24, 2.45) is 5.84 Å². The van der Waals surface area contributed by atoms with Gasteiger partial charge in [-0.3, -0.25) is 0 Å². The van der Waals surface area contributed by atoms with Crippen LogP contribution in [-0.2, 0) is 16.1 Å². The lowest BCUT2D eigenvalue weighted by Crippen LogP contribution is -2.37. The molecule has 1 aliphatic rings. The van der Waals surface area contributed by atoms with Gasteiger partial charge in [0.2, 0.25) is 0 Å². The van der Waals surface area contributed by atoms with Crippen LogP contribution in [0.3, 0.4) is 0 Å². The fourth-order valence-electron chi connectivity index (χ4n) is 2.23.